The summed E-state index contributed by atoms with van der Waals surface area (Å²) in [5, 5.41) is 10.6. The van der Waals surface area contributed by atoms with Gasteiger partial charge in [0.1, 0.15) is 0 Å². The Morgan fingerprint density at radius 1 is 1.10 bits per heavy atom. The molecule has 4 heteroatoms. The third-order valence-electron chi connectivity index (χ3n) is 3.02. The van der Waals surface area contributed by atoms with Crippen molar-refractivity contribution in [1.29, 1.82) is 0 Å². The third-order valence-corrected chi connectivity index (χ3v) is 3.02. The normalized spacial score (nSPS) is 11.2. The number of rotatable bonds is 4. The quantitative estimate of drug-likeness (QED) is 0.466. The lowest BCUT2D eigenvalue weighted by Crippen LogP contribution is -1.89. The Morgan fingerprint density at radius 2 is 1.75 bits per heavy atom. The van der Waals surface area contributed by atoms with E-state index in [4.69, 9.17) is 0 Å². The Labute approximate surface area is 117 Å². The minimum atomic E-state index is -0.408. The second-order valence-corrected chi connectivity index (χ2v) is 4.82. The summed E-state index contributed by atoms with van der Waals surface area (Å²) in [6.45, 7) is 4.25. The molecule has 0 aliphatic heterocycles. The van der Waals surface area contributed by atoms with E-state index in [0.717, 1.165) is 11.3 Å². The monoisotopic (exact) mass is 268 g/mol. The highest BCUT2D eigenvalue weighted by molar-refractivity contribution is 5.82. The summed E-state index contributed by atoms with van der Waals surface area (Å²) in [5.41, 5.74) is 3.05. The van der Waals surface area contributed by atoms with E-state index in [2.05, 4.69) is 24.9 Å². The van der Waals surface area contributed by atoms with Gasteiger partial charge >= 0.3 is 0 Å². The summed E-state index contributed by atoms with van der Waals surface area (Å²) in [6.07, 6.45) is 1.73. The summed E-state index contributed by atoms with van der Waals surface area (Å²) in [6, 6.07) is 14.3. The van der Waals surface area contributed by atoms with Crippen molar-refractivity contribution in [3.8, 4) is 0 Å². The van der Waals surface area contributed by atoms with Gasteiger partial charge in [-0.05, 0) is 35.2 Å². The van der Waals surface area contributed by atoms with Crippen molar-refractivity contribution >= 4 is 17.6 Å². The van der Waals surface area contributed by atoms with Crippen molar-refractivity contribution in [2.45, 2.75) is 19.8 Å². The first kappa shape index (κ1) is 13.9. The van der Waals surface area contributed by atoms with Crippen LogP contribution >= 0.6 is 0 Å². The lowest BCUT2D eigenvalue weighted by atomic mass is 10.0. The molecule has 0 atom stereocenters. The average Bonchev–Trinajstić information content (AvgIpc) is 2.45. The van der Waals surface area contributed by atoms with Crippen LogP contribution in [-0.4, -0.2) is 11.1 Å². The number of para-hydroxylation sites is 1. The molecule has 102 valence electrons. The van der Waals surface area contributed by atoms with Gasteiger partial charge in [-0.2, -0.15) is 0 Å². The third kappa shape index (κ3) is 3.29. The van der Waals surface area contributed by atoms with Gasteiger partial charge in [0.15, 0.2) is 0 Å². The van der Waals surface area contributed by atoms with Gasteiger partial charge in [-0.1, -0.05) is 32.0 Å². The molecule has 0 radical (unpaired) electrons. The van der Waals surface area contributed by atoms with Crippen molar-refractivity contribution in [2.24, 2.45) is 4.99 Å². The molecule has 0 aromatic heterocycles. The lowest BCUT2D eigenvalue weighted by Gasteiger charge is -2.08. The zero-order valence-corrected chi connectivity index (χ0v) is 11.5. The van der Waals surface area contributed by atoms with Crippen LogP contribution in [0.25, 0.3) is 0 Å². The SMILES string of the molecule is CC(C)c1ccccc1N=Cc1ccc([N+](=O)[O-])cc1. The zero-order chi connectivity index (χ0) is 14.5. The lowest BCUT2D eigenvalue weighted by molar-refractivity contribution is -0.384. The molecular weight excluding hydrogens is 252 g/mol. The predicted molar refractivity (Wildman–Crippen MR) is 80.9 cm³/mol. The summed E-state index contributed by atoms with van der Waals surface area (Å²) in [5.74, 6) is 0.403. The number of non-ortho nitro benzene ring substituents is 1. The summed E-state index contributed by atoms with van der Waals surface area (Å²) in [4.78, 5) is 14.7. The molecule has 0 amide bonds. The molecule has 0 aliphatic rings. The van der Waals surface area contributed by atoms with Crippen molar-refractivity contribution in [2.75, 3.05) is 0 Å². The van der Waals surface area contributed by atoms with E-state index in [0.29, 0.717) is 5.92 Å². The highest BCUT2D eigenvalue weighted by Gasteiger charge is 2.05. The van der Waals surface area contributed by atoms with Crippen LogP contribution in [0.5, 0.6) is 0 Å². The van der Waals surface area contributed by atoms with Gasteiger partial charge in [-0.25, -0.2) is 0 Å². The van der Waals surface area contributed by atoms with E-state index in [9.17, 15) is 10.1 Å². The van der Waals surface area contributed by atoms with Crippen molar-refractivity contribution in [3.63, 3.8) is 0 Å². The Balaban J connectivity index is 2.23. The van der Waals surface area contributed by atoms with Gasteiger partial charge in [-0.15, -0.1) is 0 Å². The van der Waals surface area contributed by atoms with Gasteiger partial charge in [0.2, 0.25) is 0 Å². The maximum atomic E-state index is 10.6. The highest BCUT2D eigenvalue weighted by Crippen LogP contribution is 2.26. The fraction of sp³-hybridized carbons (Fsp3) is 0.188. The molecule has 0 N–H and O–H groups in total. The molecule has 0 saturated heterocycles. The van der Waals surface area contributed by atoms with Gasteiger partial charge < -0.3 is 0 Å². The molecule has 0 spiro atoms. The second kappa shape index (κ2) is 6.10. The maximum absolute atomic E-state index is 10.6. The van der Waals surface area contributed by atoms with Gasteiger partial charge in [-0.3, -0.25) is 15.1 Å². The molecule has 2 rings (SSSR count). The van der Waals surface area contributed by atoms with Crippen LogP contribution in [0.2, 0.25) is 0 Å². The first-order valence-corrected chi connectivity index (χ1v) is 6.45. The first-order valence-electron chi connectivity index (χ1n) is 6.45. The Bertz CT molecular complexity index is 631. The number of nitro groups is 1. The van der Waals surface area contributed by atoms with E-state index in [1.165, 1.54) is 17.7 Å². The molecule has 0 saturated carbocycles. The van der Waals surface area contributed by atoms with E-state index < -0.39 is 4.92 Å². The standard InChI is InChI=1S/C16H16N2O2/c1-12(2)15-5-3-4-6-16(15)17-11-13-7-9-14(10-8-13)18(19)20/h3-12H,1-2H3. The summed E-state index contributed by atoms with van der Waals surface area (Å²) >= 11 is 0. The fourth-order valence-corrected chi connectivity index (χ4v) is 1.92. The van der Waals surface area contributed by atoms with Gasteiger partial charge in [0.25, 0.3) is 5.69 Å². The molecule has 0 bridgehead atoms. The molecule has 0 aliphatic carbocycles. The number of aliphatic imine (C=N–C) groups is 1. The van der Waals surface area contributed by atoms with E-state index in [-0.39, 0.29) is 5.69 Å². The topological polar surface area (TPSA) is 55.5 Å². The minimum Gasteiger partial charge on any atom is -0.258 e. The van der Waals surface area contributed by atoms with Crippen LogP contribution < -0.4 is 0 Å². The van der Waals surface area contributed by atoms with Gasteiger partial charge in [0.05, 0.1) is 10.6 Å². The Hall–Kier alpha value is -2.49. The Kier molecular flexibility index (Phi) is 4.25. The van der Waals surface area contributed by atoms with Crippen LogP contribution in [0.3, 0.4) is 0 Å². The first-order chi connectivity index (χ1) is 9.58. The number of hydrogen-bond acceptors (Lipinski definition) is 3. The highest BCUT2D eigenvalue weighted by atomic mass is 16.6. The largest absolute Gasteiger partial charge is 0.269 e. The minimum absolute atomic E-state index is 0.0877. The van der Waals surface area contributed by atoms with Crippen LogP contribution in [0.4, 0.5) is 11.4 Å². The number of nitrogens with zero attached hydrogens (tertiary/aromatic N) is 2. The molecule has 2 aromatic rings. The Morgan fingerprint density at radius 3 is 2.35 bits per heavy atom. The zero-order valence-electron chi connectivity index (χ0n) is 11.5. The van der Waals surface area contributed by atoms with Crippen LogP contribution in [0.1, 0.15) is 30.9 Å². The van der Waals surface area contributed by atoms with Crippen molar-refractivity contribution in [3.05, 3.63) is 69.8 Å². The van der Waals surface area contributed by atoms with Crippen molar-refractivity contribution < 1.29 is 4.92 Å². The van der Waals surface area contributed by atoms with Crippen LogP contribution in [-0.2, 0) is 0 Å². The predicted octanol–water partition coefficient (Wildman–Crippen LogP) is 4.47. The molecule has 4 nitrogen and oxygen atoms in total. The van der Waals surface area contributed by atoms with Gasteiger partial charge in [0, 0.05) is 18.3 Å². The van der Waals surface area contributed by atoms with E-state index in [1.54, 1.807) is 18.3 Å². The molecular formula is C16H16N2O2. The smallest absolute Gasteiger partial charge is 0.258 e. The fourth-order valence-electron chi connectivity index (χ4n) is 1.92. The van der Waals surface area contributed by atoms with Crippen LogP contribution in [0.15, 0.2) is 53.5 Å². The van der Waals surface area contributed by atoms with Crippen LogP contribution in [0, 0.1) is 10.1 Å². The molecule has 2 aromatic carbocycles. The second-order valence-electron chi connectivity index (χ2n) is 4.82. The average molecular weight is 268 g/mol. The number of hydrogen-bond donors (Lipinski definition) is 0. The number of nitro benzene ring substituents is 1. The maximum Gasteiger partial charge on any atom is 0.269 e. The summed E-state index contributed by atoms with van der Waals surface area (Å²) < 4.78 is 0. The molecule has 0 fully saturated rings. The van der Waals surface area contributed by atoms with E-state index >= 15 is 0 Å². The molecule has 0 unspecified atom stereocenters. The summed E-state index contributed by atoms with van der Waals surface area (Å²) in [7, 11) is 0. The van der Waals surface area contributed by atoms with Crippen molar-refractivity contribution in [1.82, 2.24) is 0 Å². The number of benzene rings is 2. The molecule has 0 heterocycles. The molecule has 20 heavy (non-hydrogen) atoms. The van der Waals surface area contributed by atoms with E-state index in [1.807, 2.05) is 18.2 Å².